The fourth-order valence-corrected chi connectivity index (χ4v) is 1.93. The number of rotatable bonds is 4. The van der Waals surface area contributed by atoms with Crippen molar-refractivity contribution in [3.05, 3.63) is 51.3 Å². The van der Waals surface area contributed by atoms with Gasteiger partial charge in [0, 0.05) is 22.1 Å². The molecule has 2 aromatic rings. The van der Waals surface area contributed by atoms with Crippen LogP contribution >= 0.6 is 27.5 Å². The maximum atomic E-state index is 6.06. The van der Waals surface area contributed by atoms with E-state index < -0.39 is 0 Å². The predicted octanol–water partition coefficient (Wildman–Crippen LogP) is 3.38. The molecule has 0 saturated heterocycles. The van der Waals surface area contributed by atoms with Crippen LogP contribution in [0.2, 0.25) is 5.02 Å². The van der Waals surface area contributed by atoms with Crippen LogP contribution < -0.4 is 5.32 Å². The number of halogens is 2. The minimum atomic E-state index is 0.642. The van der Waals surface area contributed by atoms with E-state index in [1.54, 1.807) is 6.20 Å². The lowest BCUT2D eigenvalue weighted by Crippen LogP contribution is -2.12. The fourth-order valence-electron chi connectivity index (χ4n) is 1.33. The number of hydrogen-bond acceptors (Lipinski definition) is 3. The molecular weight excluding hydrogens is 291 g/mol. The molecule has 3 nitrogen and oxygen atoms in total. The largest absolute Gasteiger partial charge is 0.360 e. The van der Waals surface area contributed by atoms with Crippen molar-refractivity contribution in [3.63, 3.8) is 0 Å². The zero-order valence-corrected chi connectivity index (χ0v) is 10.8. The average molecular weight is 302 g/mol. The monoisotopic (exact) mass is 300 g/mol. The number of nitrogens with one attached hydrogen (secondary N) is 1. The Morgan fingerprint density at radius 2 is 2.19 bits per heavy atom. The van der Waals surface area contributed by atoms with Gasteiger partial charge in [-0.3, -0.25) is 0 Å². The van der Waals surface area contributed by atoms with E-state index in [0.717, 1.165) is 20.8 Å². The molecule has 0 fully saturated rings. The molecule has 0 spiro atoms. The highest BCUT2D eigenvalue weighted by Crippen LogP contribution is 2.20. The summed E-state index contributed by atoms with van der Waals surface area (Å²) in [4.78, 5) is 0. The molecule has 0 aliphatic heterocycles. The van der Waals surface area contributed by atoms with Crippen molar-refractivity contribution in [1.29, 1.82) is 0 Å². The second-order valence-corrected chi connectivity index (χ2v) is 4.64. The van der Waals surface area contributed by atoms with Gasteiger partial charge >= 0.3 is 0 Å². The number of aromatic nitrogens is 1. The first kappa shape index (κ1) is 11.6. The topological polar surface area (TPSA) is 38.1 Å². The summed E-state index contributed by atoms with van der Waals surface area (Å²) in [7, 11) is 0. The lowest BCUT2D eigenvalue weighted by molar-refractivity contribution is 0.373. The minimum Gasteiger partial charge on any atom is -0.360 e. The molecule has 5 heteroatoms. The molecule has 0 aliphatic carbocycles. The van der Waals surface area contributed by atoms with Gasteiger partial charge in [0.25, 0.3) is 0 Å². The molecule has 84 valence electrons. The normalized spacial score (nSPS) is 10.6. The first-order chi connectivity index (χ1) is 7.75. The maximum Gasteiger partial charge on any atom is 0.150 e. The SMILES string of the molecule is Clc1ccc(Br)cc1CNCc1ccno1. The van der Waals surface area contributed by atoms with Crippen LogP contribution in [0.5, 0.6) is 0 Å². The third kappa shape index (κ3) is 3.07. The highest BCUT2D eigenvalue weighted by molar-refractivity contribution is 9.10. The van der Waals surface area contributed by atoms with E-state index in [9.17, 15) is 0 Å². The van der Waals surface area contributed by atoms with Crippen LogP contribution in [0.15, 0.2) is 39.5 Å². The van der Waals surface area contributed by atoms with E-state index >= 15 is 0 Å². The van der Waals surface area contributed by atoms with Gasteiger partial charge < -0.3 is 9.84 Å². The summed E-state index contributed by atoms with van der Waals surface area (Å²) in [6.45, 7) is 1.34. The Hall–Kier alpha value is -0.840. The van der Waals surface area contributed by atoms with E-state index in [1.807, 2.05) is 24.3 Å². The van der Waals surface area contributed by atoms with E-state index in [0.29, 0.717) is 13.1 Å². The molecule has 1 aromatic carbocycles. The van der Waals surface area contributed by atoms with Gasteiger partial charge in [-0.15, -0.1) is 0 Å². The summed E-state index contributed by atoms with van der Waals surface area (Å²) in [5, 5.41) is 7.62. The summed E-state index contributed by atoms with van der Waals surface area (Å²) in [5.41, 5.74) is 1.05. The Morgan fingerprint density at radius 1 is 1.31 bits per heavy atom. The quantitative estimate of drug-likeness (QED) is 0.941. The Morgan fingerprint density at radius 3 is 2.94 bits per heavy atom. The molecule has 0 radical (unpaired) electrons. The van der Waals surface area contributed by atoms with Crippen LogP contribution in [0, 0.1) is 0 Å². The molecular formula is C11H10BrClN2O. The molecule has 2 rings (SSSR count). The second-order valence-electron chi connectivity index (χ2n) is 3.32. The molecule has 0 saturated carbocycles. The molecule has 0 atom stereocenters. The molecule has 0 amide bonds. The summed E-state index contributed by atoms with van der Waals surface area (Å²) in [5.74, 6) is 0.811. The lowest BCUT2D eigenvalue weighted by atomic mass is 10.2. The molecule has 1 aromatic heterocycles. The predicted molar refractivity (Wildman–Crippen MR) is 66.2 cm³/mol. The van der Waals surface area contributed by atoms with Gasteiger partial charge in [0.15, 0.2) is 0 Å². The van der Waals surface area contributed by atoms with Crippen molar-refractivity contribution < 1.29 is 4.52 Å². The molecule has 1 N–H and O–H groups in total. The van der Waals surface area contributed by atoms with Gasteiger partial charge in [-0.1, -0.05) is 32.7 Å². The highest BCUT2D eigenvalue weighted by Gasteiger charge is 2.02. The first-order valence-electron chi connectivity index (χ1n) is 4.80. The fraction of sp³-hybridized carbons (Fsp3) is 0.182. The van der Waals surface area contributed by atoms with E-state index in [4.69, 9.17) is 16.1 Å². The smallest absolute Gasteiger partial charge is 0.150 e. The molecule has 0 aliphatic rings. The van der Waals surface area contributed by atoms with Crippen molar-refractivity contribution in [2.45, 2.75) is 13.1 Å². The molecule has 0 unspecified atom stereocenters. The molecule has 16 heavy (non-hydrogen) atoms. The molecule has 1 heterocycles. The third-order valence-electron chi connectivity index (χ3n) is 2.11. The summed E-state index contributed by atoms with van der Waals surface area (Å²) >= 11 is 9.47. The van der Waals surface area contributed by atoms with Crippen LogP contribution in [-0.4, -0.2) is 5.16 Å². The zero-order valence-electron chi connectivity index (χ0n) is 8.41. The average Bonchev–Trinajstić information content (AvgIpc) is 2.76. The highest BCUT2D eigenvalue weighted by atomic mass is 79.9. The minimum absolute atomic E-state index is 0.642. The summed E-state index contributed by atoms with van der Waals surface area (Å²) < 4.78 is 5.99. The Kier molecular flexibility index (Phi) is 3.98. The standard InChI is InChI=1S/C11H10BrClN2O/c12-9-1-2-11(13)8(5-9)6-14-7-10-3-4-15-16-10/h1-5,14H,6-7H2. The summed E-state index contributed by atoms with van der Waals surface area (Å²) in [6, 6.07) is 7.62. The van der Waals surface area contributed by atoms with Gasteiger partial charge in [-0.05, 0) is 23.8 Å². The first-order valence-corrected chi connectivity index (χ1v) is 5.97. The van der Waals surface area contributed by atoms with Crippen molar-refractivity contribution in [2.24, 2.45) is 0 Å². The van der Waals surface area contributed by atoms with Crippen LogP contribution in [0.4, 0.5) is 0 Å². The Labute approximate surface area is 107 Å². The van der Waals surface area contributed by atoms with Crippen LogP contribution in [0.1, 0.15) is 11.3 Å². The van der Waals surface area contributed by atoms with Crippen molar-refractivity contribution in [2.75, 3.05) is 0 Å². The van der Waals surface area contributed by atoms with Gasteiger partial charge in [0.1, 0.15) is 5.76 Å². The zero-order chi connectivity index (χ0) is 11.4. The van der Waals surface area contributed by atoms with Crippen molar-refractivity contribution in [1.82, 2.24) is 10.5 Å². The van der Waals surface area contributed by atoms with Crippen molar-refractivity contribution in [3.8, 4) is 0 Å². The van der Waals surface area contributed by atoms with E-state index in [1.165, 1.54) is 0 Å². The second kappa shape index (κ2) is 5.48. The van der Waals surface area contributed by atoms with E-state index in [2.05, 4.69) is 26.4 Å². The van der Waals surface area contributed by atoms with Gasteiger partial charge in [0.2, 0.25) is 0 Å². The van der Waals surface area contributed by atoms with Gasteiger partial charge in [-0.2, -0.15) is 0 Å². The van der Waals surface area contributed by atoms with Crippen LogP contribution in [0.3, 0.4) is 0 Å². The lowest BCUT2D eigenvalue weighted by Gasteiger charge is -2.05. The van der Waals surface area contributed by atoms with Gasteiger partial charge in [-0.25, -0.2) is 0 Å². The van der Waals surface area contributed by atoms with Crippen LogP contribution in [0.25, 0.3) is 0 Å². The maximum absolute atomic E-state index is 6.06. The number of hydrogen-bond donors (Lipinski definition) is 1. The number of benzene rings is 1. The summed E-state index contributed by atoms with van der Waals surface area (Å²) in [6.07, 6.45) is 1.63. The number of nitrogens with zero attached hydrogens (tertiary/aromatic N) is 1. The molecule has 0 bridgehead atoms. The Bertz CT molecular complexity index is 459. The van der Waals surface area contributed by atoms with Crippen molar-refractivity contribution >= 4 is 27.5 Å². The Balaban J connectivity index is 1.92. The van der Waals surface area contributed by atoms with Gasteiger partial charge in [0.05, 0.1) is 12.7 Å². The van der Waals surface area contributed by atoms with Crippen LogP contribution in [-0.2, 0) is 13.1 Å². The third-order valence-corrected chi connectivity index (χ3v) is 2.98. The van der Waals surface area contributed by atoms with E-state index in [-0.39, 0.29) is 0 Å².